The summed E-state index contributed by atoms with van der Waals surface area (Å²) in [4.78, 5) is 16.5. The molecule has 3 aromatic carbocycles. The number of anilines is 1. The molecule has 0 atom stereocenters. The van der Waals surface area contributed by atoms with Crippen molar-refractivity contribution in [3.05, 3.63) is 107 Å². The summed E-state index contributed by atoms with van der Waals surface area (Å²) >= 11 is 6.00. The number of nitrogens with zero attached hydrogens (tertiary/aromatic N) is 3. The SMILES string of the molecule is Cc1noc(COC(=O)c2cccc(S(=O)(=O)N(Cc3ccccc3)c3ccc(Cl)cc3)c2)n1. The molecule has 0 fully saturated rings. The van der Waals surface area contributed by atoms with Gasteiger partial charge in [0.2, 0.25) is 0 Å². The van der Waals surface area contributed by atoms with E-state index < -0.39 is 16.0 Å². The molecule has 10 heteroatoms. The van der Waals surface area contributed by atoms with Crippen molar-refractivity contribution in [3.8, 4) is 0 Å². The molecule has 0 radical (unpaired) electrons. The Balaban J connectivity index is 1.63. The zero-order valence-corrected chi connectivity index (χ0v) is 19.7. The molecule has 0 amide bonds. The molecule has 0 saturated carbocycles. The summed E-state index contributed by atoms with van der Waals surface area (Å²) in [7, 11) is -4.04. The lowest BCUT2D eigenvalue weighted by Gasteiger charge is -2.25. The summed E-state index contributed by atoms with van der Waals surface area (Å²) in [5, 5.41) is 4.12. The molecule has 0 unspecified atom stereocenters. The minimum Gasteiger partial charge on any atom is -0.452 e. The minimum atomic E-state index is -4.04. The Kier molecular flexibility index (Phi) is 6.95. The van der Waals surface area contributed by atoms with Crippen molar-refractivity contribution in [2.75, 3.05) is 4.31 Å². The first-order chi connectivity index (χ1) is 16.3. The fraction of sp³-hybridized carbons (Fsp3) is 0.125. The Morgan fingerprint density at radius 3 is 2.44 bits per heavy atom. The average molecular weight is 498 g/mol. The molecule has 1 heterocycles. The summed E-state index contributed by atoms with van der Waals surface area (Å²) < 4.78 is 38.8. The first kappa shape index (κ1) is 23.5. The maximum Gasteiger partial charge on any atom is 0.338 e. The van der Waals surface area contributed by atoms with Gasteiger partial charge >= 0.3 is 5.97 Å². The van der Waals surface area contributed by atoms with E-state index in [1.165, 1.54) is 28.6 Å². The van der Waals surface area contributed by atoms with Crippen LogP contribution in [0.3, 0.4) is 0 Å². The molecule has 0 saturated heterocycles. The second-order valence-corrected chi connectivity index (χ2v) is 9.61. The van der Waals surface area contributed by atoms with Crippen LogP contribution in [0.2, 0.25) is 5.02 Å². The number of carbonyl (C=O) groups excluding carboxylic acids is 1. The van der Waals surface area contributed by atoms with Gasteiger partial charge in [0.1, 0.15) is 0 Å². The molecule has 0 bridgehead atoms. The van der Waals surface area contributed by atoms with Crippen LogP contribution < -0.4 is 4.31 Å². The Morgan fingerprint density at radius 1 is 1.03 bits per heavy atom. The topological polar surface area (TPSA) is 103 Å². The van der Waals surface area contributed by atoms with Gasteiger partial charge in [0, 0.05) is 5.02 Å². The lowest BCUT2D eigenvalue weighted by atomic mass is 10.2. The molecule has 4 aromatic rings. The lowest BCUT2D eigenvalue weighted by molar-refractivity contribution is 0.0429. The molecular formula is C24H20ClN3O5S. The third kappa shape index (κ3) is 5.44. The third-order valence-electron chi connectivity index (χ3n) is 4.84. The number of benzene rings is 3. The fourth-order valence-electron chi connectivity index (χ4n) is 3.19. The van der Waals surface area contributed by atoms with Crippen molar-refractivity contribution in [1.82, 2.24) is 10.1 Å². The van der Waals surface area contributed by atoms with Gasteiger partial charge in [-0.2, -0.15) is 4.98 Å². The zero-order valence-electron chi connectivity index (χ0n) is 18.1. The van der Waals surface area contributed by atoms with Gasteiger partial charge in [-0.15, -0.1) is 0 Å². The Labute approximate surface area is 201 Å². The van der Waals surface area contributed by atoms with Crippen LogP contribution in [-0.2, 0) is 27.9 Å². The van der Waals surface area contributed by atoms with E-state index in [9.17, 15) is 13.2 Å². The summed E-state index contributed by atoms with van der Waals surface area (Å²) in [6.45, 7) is 1.52. The lowest BCUT2D eigenvalue weighted by Crippen LogP contribution is -2.30. The van der Waals surface area contributed by atoms with Crippen molar-refractivity contribution in [1.29, 1.82) is 0 Å². The van der Waals surface area contributed by atoms with Gasteiger partial charge in [-0.3, -0.25) is 4.31 Å². The summed E-state index contributed by atoms with van der Waals surface area (Å²) in [5.74, 6) is -0.153. The third-order valence-corrected chi connectivity index (χ3v) is 6.86. The number of hydrogen-bond donors (Lipinski definition) is 0. The smallest absolute Gasteiger partial charge is 0.338 e. The van der Waals surface area contributed by atoms with Gasteiger partial charge in [-0.25, -0.2) is 13.2 Å². The number of halogens is 1. The molecule has 0 aliphatic heterocycles. The van der Waals surface area contributed by atoms with Crippen LogP contribution in [-0.4, -0.2) is 24.5 Å². The quantitative estimate of drug-likeness (QED) is 0.322. The van der Waals surface area contributed by atoms with Gasteiger partial charge in [-0.1, -0.05) is 53.2 Å². The van der Waals surface area contributed by atoms with Gasteiger partial charge in [-0.05, 0) is 55.0 Å². The van der Waals surface area contributed by atoms with Crippen LogP contribution in [0.15, 0.2) is 88.3 Å². The summed E-state index contributed by atoms with van der Waals surface area (Å²) in [5.41, 5.74) is 1.31. The van der Waals surface area contributed by atoms with Gasteiger partial charge in [0.05, 0.1) is 22.7 Å². The fourth-order valence-corrected chi connectivity index (χ4v) is 4.82. The van der Waals surface area contributed by atoms with E-state index in [4.69, 9.17) is 20.9 Å². The van der Waals surface area contributed by atoms with Crippen LogP contribution in [0.4, 0.5) is 5.69 Å². The Hall–Kier alpha value is -3.69. The van der Waals surface area contributed by atoms with Crippen molar-refractivity contribution in [2.24, 2.45) is 0 Å². The molecule has 1 aromatic heterocycles. The van der Waals surface area contributed by atoms with E-state index in [2.05, 4.69) is 10.1 Å². The van der Waals surface area contributed by atoms with Crippen LogP contribution in [0.5, 0.6) is 0 Å². The number of esters is 1. The maximum absolute atomic E-state index is 13.7. The van der Waals surface area contributed by atoms with Crippen LogP contribution >= 0.6 is 11.6 Å². The van der Waals surface area contributed by atoms with Crippen molar-refractivity contribution in [3.63, 3.8) is 0 Å². The number of carbonyl (C=O) groups is 1. The molecule has 0 N–H and O–H groups in total. The highest BCUT2D eigenvalue weighted by Gasteiger charge is 2.26. The Morgan fingerprint density at radius 2 is 1.76 bits per heavy atom. The van der Waals surface area contributed by atoms with E-state index in [0.29, 0.717) is 16.5 Å². The first-order valence-electron chi connectivity index (χ1n) is 10.2. The highest BCUT2D eigenvalue weighted by atomic mass is 35.5. The molecule has 4 rings (SSSR count). The van der Waals surface area contributed by atoms with E-state index >= 15 is 0 Å². The van der Waals surface area contributed by atoms with Gasteiger partial charge in [0.25, 0.3) is 15.9 Å². The van der Waals surface area contributed by atoms with Crippen molar-refractivity contribution >= 4 is 33.3 Å². The van der Waals surface area contributed by atoms with Crippen LogP contribution in [0, 0.1) is 6.92 Å². The minimum absolute atomic E-state index is 0.0542. The predicted octanol–water partition coefficient (Wildman–Crippen LogP) is 4.78. The van der Waals surface area contributed by atoms with Crippen LogP contribution in [0.1, 0.15) is 27.6 Å². The molecular weight excluding hydrogens is 478 g/mol. The van der Waals surface area contributed by atoms with Crippen LogP contribution in [0.25, 0.3) is 0 Å². The highest BCUT2D eigenvalue weighted by Crippen LogP contribution is 2.28. The standard InChI is InChI=1S/C24H20ClN3O5S/c1-17-26-23(33-27-17)16-32-24(29)19-8-5-9-22(14-19)34(30,31)28(15-18-6-3-2-4-7-18)21-12-10-20(25)11-13-21/h2-14H,15-16H2,1H3. The number of ether oxygens (including phenoxy) is 1. The predicted molar refractivity (Wildman–Crippen MR) is 126 cm³/mol. The maximum atomic E-state index is 13.7. The molecule has 174 valence electrons. The van der Waals surface area contributed by atoms with Gasteiger partial charge < -0.3 is 9.26 Å². The largest absolute Gasteiger partial charge is 0.452 e. The Bertz CT molecular complexity index is 1390. The number of hydrogen-bond acceptors (Lipinski definition) is 7. The number of sulfonamides is 1. The zero-order chi connectivity index (χ0) is 24.1. The normalized spacial score (nSPS) is 11.2. The second kappa shape index (κ2) is 10.1. The highest BCUT2D eigenvalue weighted by molar-refractivity contribution is 7.92. The second-order valence-electron chi connectivity index (χ2n) is 7.31. The average Bonchev–Trinajstić information content (AvgIpc) is 3.27. The molecule has 0 aliphatic carbocycles. The summed E-state index contributed by atoms with van der Waals surface area (Å²) in [6.07, 6.45) is 0. The monoisotopic (exact) mass is 497 g/mol. The number of rotatable bonds is 8. The first-order valence-corrected chi connectivity index (χ1v) is 12.0. The van der Waals surface area contributed by atoms with E-state index in [-0.39, 0.29) is 29.5 Å². The summed E-state index contributed by atoms with van der Waals surface area (Å²) in [6, 6.07) is 21.4. The number of aromatic nitrogens is 2. The van der Waals surface area contributed by atoms with Crippen molar-refractivity contribution in [2.45, 2.75) is 25.0 Å². The van der Waals surface area contributed by atoms with E-state index in [1.807, 2.05) is 30.3 Å². The molecule has 0 aliphatic rings. The molecule has 34 heavy (non-hydrogen) atoms. The van der Waals surface area contributed by atoms with Gasteiger partial charge in [0.15, 0.2) is 12.4 Å². The molecule has 8 nitrogen and oxygen atoms in total. The molecule has 0 spiro atoms. The van der Waals surface area contributed by atoms with Crippen molar-refractivity contribution < 1.29 is 22.5 Å². The van der Waals surface area contributed by atoms with E-state index in [1.54, 1.807) is 31.2 Å². The van der Waals surface area contributed by atoms with E-state index in [0.717, 1.165) is 5.56 Å². The number of aryl methyl sites for hydroxylation is 1.